The molecule has 23 heavy (non-hydrogen) atoms. The van der Waals surface area contributed by atoms with Crippen molar-refractivity contribution >= 4 is 11.4 Å². The summed E-state index contributed by atoms with van der Waals surface area (Å²) in [6, 6.07) is 5.61. The van der Waals surface area contributed by atoms with Crippen molar-refractivity contribution in [1.29, 1.82) is 0 Å². The van der Waals surface area contributed by atoms with Gasteiger partial charge in [-0.15, -0.1) is 0 Å². The summed E-state index contributed by atoms with van der Waals surface area (Å²) >= 11 is 0. The van der Waals surface area contributed by atoms with E-state index in [2.05, 4.69) is 16.7 Å². The molecule has 0 saturated carbocycles. The Bertz CT molecular complexity index is 574. The molecule has 0 radical (unpaired) electrons. The van der Waals surface area contributed by atoms with E-state index in [-0.39, 0.29) is 5.69 Å². The molecule has 2 atom stereocenters. The van der Waals surface area contributed by atoms with Gasteiger partial charge in [-0.05, 0) is 12.0 Å². The van der Waals surface area contributed by atoms with Gasteiger partial charge < -0.3 is 14.4 Å². The molecule has 126 valence electrons. The number of nitro benzene ring substituents is 1. The molecule has 0 aliphatic carbocycles. The van der Waals surface area contributed by atoms with Crippen LogP contribution in [0.4, 0.5) is 11.4 Å². The molecule has 7 heteroatoms. The van der Waals surface area contributed by atoms with Gasteiger partial charge in [0.25, 0.3) is 0 Å². The topological polar surface area (TPSA) is 68.1 Å². The number of anilines is 1. The van der Waals surface area contributed by atoms with Crippen LogP contribution in [-0.4, -0.2) is 62.4 Å². The zero-order valence-corrected chi connectivity index (χ0v) is 13.6. The Labute approximate surface area is 135 Å². The Morgan fingerprint density at radius 3 is 2.70 bits per heavy atom. The standard InChI is InChI=1S/C16H23N3O4/c1-12-10-18(11-15(12)17-5-7-23-8-6-17)13-3-4-14(19(20)21)16(9-13)22-2/h3-4,9,12,15H,5-8,10-11H2,1-2H3/t12-,15-/m0/s1. The maximum absolute atomic E-state index is 11.0. The highest BCUT2D eigenvalue weighted by Gasteiger charge is 2.35. The van der Waals surface area contributed by atoms with Gasteiger partial charge in [0.05, 0.1) is 25.2 Å². The first kappa shape index (κ1) is 16.0. The lowest BCUT2D eigenvalue weighted by molar-refractivity contribution is -0.385. The van der Waals surface area contributed by atoms with Crippen molar-refractivity contribution in [1.82, 2.24) is 4.90 Å². The summed E-state index contributed by atoms with van der Waals surface area (Å²) in [6.45, 7) is 7.70. The molecule has 0 N–H and O–H groups in total. The second-order valence-electron chi connectivity index (χ2n) is 6.21. The predicted octanol–water partition coefficient (Wildman–Crippen LogP) is 1.76. The van der Waals surface area contributed by atoms with Crippen molar-refractivity contribution in [3.05, 3.63) is 28.3 Å². The van der Waals surface area contributed by atoms with E-state index in [4.69, 9.17) is 9.47 Å². The summed E-state index contributed by atoms with van der Waals surface area (Å²) < 4.78 is 10.6. The van der Waals surface area contributed by atoms with Crippen LogP contribution in [0.3, 0.4) is 0 Å². The van der Waals surface area contributed by atoms with Gasteiger partial charge in [-0.2, -0.15) is 0 Å². The summed E-state index contributed by atoms with van der Waals surface area (Å²) in [7, 11) is 1.47. The molecule has 0 unspecified atom stereocenters. The largest absolute Gasteiger partial charge is 0.490 e. The number of hydrogen-bond acceptors (Lipinski definition) is 6. The first-order chi connectivity index (χ1) is 11.1. The molecule has 2 saturated heterocycles. The summed E-state index contributed by atoms with van der Waals surface area (Å²) in [5, 5.41) is 11.0. The van der Waals surface area contributed by atoms with E-state index in [9.17, 15) is 10.1 Å². The first-order valence-corrected chi connectivity index (χ1v) is 7.99. The number of rotatable bonds is 4. The van der Waals surface area contributed by atoms with E-state index in [0.717, 1.165) is 45.1 Å². The number of ether oxygens (including phenoxy) is 2. The third kappa shape index (κ3) is 3.25. The van der Waals surface area contributed by atoms with E-state index in [1.54, 1.807) is 6.07 Å². The zero-order chi connectivity index (χ0) is 16.4. The third-order valence-corrected chi connectivity index (χ3v) is 4.81. The number of methoxy groups -OCH3 is 1. The van der Waals surface area contributed by atoms with E-state index in [1.165, 1.54) is 13.2 Å². The molecule has 1 aromatic rings. The van der Waals surface area contributed by atoms with Crippen LogP contribution in [0.5, 0.6) is 5.75 Å². The summed E-state index contributed by atoms with van der Waals surface area (Å²) in [4.78, 5) is 15.4. The highest BCUT2D eigenvalue weighted by Crippen LogP contribution is 2.34. The van der Waals surface area contributed by atoms with Crippen LogP contribution in [0.2, 0.25) is 0 Å². The predicted molar refractivity (Wildman–Crippen MR) is 87.2 cm³/mol. The van der Waals surface area contributed by atoms with E-state index in [1.807, 2.05) is 6.07 Å². The van der Waals surface area contributed by atoms with Crippen molar-refractivity contribution < 1.29 is 14.4 Å². The molecule has 3 rings (SSSR count). The first-order valence-electron chi connectivity index (χ1n) is 7.99. The number of nitrogens with zero attached hydrogens (tertiary/aromatic N) is 3. The van der Waals surface area contributed by atoms with Gasteiger partial charge in [-0.3, -0.25) is 15.0 Å². The van der Waals surface area contributed by atoms with Gasteiger partial charge in [0.1, 0.15) is 0 Å². The summed E-state index contributed by atoms with van der Waals surface area (Å²) in [5.74, 6) is 0.865. The Morgan fingerprint density at radius 1 is 1.30 bits per heavy atom. The molecule has 0 bridgehead atoms. The maximum atomic E-state index is 11.0. The number of nitro groups is 1. The van der Waals surface area contributed by atoms with Crippen molar-refractivity contribution in [3.63, 3.8) is 0 Å². The van der Waals surface area contributed by atoms with Crippen molar-refractivity contribution in [2.24, 2.45) is 5.92 Å². The number of morpholine rings is 1. The van der Waals surface area contributed by atoms with E-state index >= 15 is 0 Å². The SMILES string of the molecule is COc1cc(N2C[C@H](C)[C@@H](N3CCOCC3)C2)ccc1[N+](=O)[O-]. The van der Waals surface area contributed by atoms with Gasteiger partial charge in [0.2, 0.25) is 0 Å². The summed E-state index contributed by atoms with van der Waals surface area (Å²) in [5.41, 5.74) is 0.989. The van der Waals surface area contributed by atoms with Crippen molar-refractivity contribution in [3.8, 4) is 5.75 Å². The highest BCUT2D eigenvalue weighted by atomic mass is 16.6. The lowest BCUT2D eigenvalue weighted by atomic mass is 10.0. The molecule has 2 aliphatic rings. The van der Waals surface area contributed by atoms with Crippen LogP contribution in [0.1, 0.15) is 6.92 Å². The third-order valence-electron chi connectivity index (χ3n) is 4.81. The van der Waals surface area contributed by atoms with Crippen LogP contribution in [0.15, 0.2) is 18.2 Å². The van der Waals surface area contributed by atoms with E-state index < -0.39 is 4.92 Å². The lowest BCUT2D eigenvalue weighted by Crippen LogP contribution is -2.46. The Balaban J connectivity index is 1.76. The molecule has 2 fully saturated rings. The van der Waals surface area contributed by atoms with Crippen LogP contribution in [0, 0.1) is 16.0 Å². The molecule has 2 aliphatic heterocycles. The monoisotopic (exact) mass is 321 g/mol. The fraction of sp³-hybridized carbons (Fsp3) is 0.625. The average molecular weight is 321 g/mol. The number of benzene rings is 1. The molecule has 7 nitrogen and oxygen atoms in total. The lowest BCUT2D eigenvalue weighted by Gasteiger charge is -2.34. The zero-order valence-electron chi connectivity index (χ0n) is 13.6. The Morgan fingerprint density at radius 2 is 2.04 bits per heavy atom. The molecular weight excluding hydrogens is 298 g/mol. The van der Waals surface area contributed by atoms with Crippen LogP contribution in [0.25, 0.3) is 0 Å². The summed E-state index contributed by atoms with van der Waals surface area (Å²) in [6.07, 6.45) is 0. The van der Waals surface area contributed by atoms with Gasteiger partial charge in [-0.25, -0.2) is 0 Å². The van der Waals surface area contributed by atoms with E-state index in [0.29, 0.717) is 17.7 Å². The van der Waals surface area contributed by atoms with Crippen LogP contribution in [-0.2, 0) is 4.74 Å². The average Bonchev–Trinajstić information content (AvgIpc) is 2.96. The van der Waals surface area contributed by atoms with Crippen molar-refractivity contribution in [2.45, 2.75) is 13.0 Å². The minimum Gasteiger partial charge on any atom is -0.490 e. The maximum Gasteiger partial charge on any atom is 0.311 e. The van der Waals surface area contributed by atoms with Gasteiger partial charge in [-0.1, -0.05) is 6.92 Å². The minimum atomic E-state index is -0.411. The van der Waals surface area contributed by atoms with Crippen LogP contribution >= 0.6 is 0 Å². The fourth-order valence-electron chi connectivity index (χ4n) is 3.56. The molecule has 2 heterocycles. The number of hydrogen-bond donors (Lipinski definition) is 0. The van der Waals surface area contributed by atoms with Crippen LogP contribution < -0.4 is 9.64 Å². The highest BCUT2D eigenvalue weighted by molar-refractivity contribution is 5.60. The fourth-order valence-corrected chi connectivity index (χ4v) is 3.56. The second kappa shape index (κ2) is 6.72. The normalized spacial score (nSPS) is 25.6. The Kier molecular flexibility index (Phi) is 4.68. The molecular formula is C16H23N3O4. The quantitative estimate of drug-likeness (QED) is 0.622. The minimum absolute atomic E-state index is 0.00762. The van der Waals surface area contributed by atoms with Gasteiger partial charge in [0, 0.05) is 50.0 Å². The molecule has 0 amide bonds. The smallest absolute Gasteiger partial charge is 0.311 e. The Hall–Kier alpha value is -1.86. The second-order valence-corrected chi connectivity index (χ2v) is 6.21. The molecule has 0 spiro atoms. The molecule has 0 aromatic heterocycles. The van der Waals surface area contributed by atoms with Crippen molar-refractivity contribution in [2.75, 3.05) is 51.4 Å². The van der Waals surface area contributed by atoms with Gasteiger partial charge in [0.15, 0.2) is 5.75 Å². The van der Waals surface area contributed by atoms with Gasteiger partial charge >= 0.3 is 5.69 Å². The molecule has 1 aromatic carbocycles.